The molecule has 2 saturated carbocycles. The van der Waals surface area contributed by atoms with E-state index >= 15 is 0 Å². The zero-order valence-corrected chi connectivity index (χ0v) is 25.6. The number of nitrogens with one attached hydrogen (secondary N) is 4. The highest BCUT2D eigenvalue weighted by Crippen LogP contribution is 2.35. The topological polar surface area (TPSA) is 178 Å². The van der Waals surface area contributed by atoms with E-state index in [0.717, 1.165) is 57.8 Å². The second kappa shape index (κ2) is 13.8. The van der Waals surface area contributed by atoms with Crippen LogP contribution in [-0.4, -0.2) is 33.9 Å². The lowest BCUT2D eigenvalue weighted by Crippen LogP contribution is -2.39. The Labute approximate surface area is 269 Å². The molecule has 12 heteroatoms. The van der Waals surface area contributed by atoms with Crippen LogP contribution >= 0.6 is 0 Å². The number of nitriles is 1. The summed E-state index contributed by atoms with van der Waals surface area (Å²) in [5, 5.41) is 15.7. The van der Waals surface area contributed by atoms with Crippen LogP contribution in [0.5, 0.6) is 0 Å². The van der Waals surface area contributed by atoms with Gasteiger partial charge in [-0.15, -0.1) is 0 Å². The monoisotopic (exact) mass is 634 g/mol. The molecule has 0 bridgehead atoms. The molecule has 2 heterocycles. The van der Waals surface area contributed by atoms with Crippen molar-refractivity contribution in [1.82, 2.24) is 20.6 Å². The summed E-state index contributed by atoms with van der Waals surface area (Å²) in [6.07, 6.45) is 11.6. The maximum Gasteiger partial charge on any atom is 0.417 e. The van der Waals surface area contributed by atoms with E-state index < -0.39 is 23.3 Å². The van der Waals surface area contributed by atoms with Crippen LogP contribution in [0.25, 0.3) is 39.2 Å². The van der Waals surface area contributed by atoms with Gasteiger partial charge in [-0.2, -0.15) is 5.26 Å². The van der Waals surface area contributed by atoms with Gasteiger partial charge in [0.2, 0.25) is 0 Å². The maximum absolute atomic E-state index is 12.9. The lowest BCUT2D eigenvalue weighted by molar-refractivity contribution is -0.118. The molecule has 0 saturated heterocycles. The molecule has 0 aliphatic heterocycles. The van der Waals surface area contributed by atoms with E-state index in [2.05, 4.69) is 25.4 Å². The van der Waals surface area contributed by atoms with Crippen molar-refractivity contribution in [3.8, 4) is 6.07 Å². The molecule has 2 aromatic heterocycles. The van der Waals surface area contributed by atoms with E-state index in [-0.39, 0.29) is 23.4 Å². The van der Waals surface area contributed by atoms with E-state index in [4.69, 9.17) is 15.4 Å². The molecule has 4 aromatic rings. The Kier molecular flexibility index (Phi) is 9.20. The summed E-state index contributed by atoms with van der Waals surface area (Å²) in [5.41, 5.74) is 3.07. The Balaban J connectivity index is 0.935. The second-order valence-electron chi connectivity index (χ2n) is 12.5. The van der Waals surface area contributed by atoms with Crippen LogP contribution in [0.15, 0.2) is 66.1 Å². The zero-order chi connectivity index (χ0) is 32.9. The molecular formula is C35H34N6O6. The third-order valence-corrected chi connectivity index (χ3v) is 9.25. The van der Waals surface area contributed by atoms with Gasteiger partial charge in [0.15, 0.2) is 11.2 Å². The van der Waals surface area contributed by atoms with Crippen LogP contribution in [0.3, 0.4) is 0 Å². The summed E-state index contributed by atoms with van der Waals surface area (Å²) < 4.78 is 10.0. The van der Waals surface area contributed by atoms with Crippen molar-refractivity contribution in [3.63, 3.8) is 0 Å². The molecule has 6 rings (SSSR count). The highest BCUT2D eigenvalue weighted by Gasteiger charge is 2.29. The van der Waals surface area contributed by atoms with E-state index in [1.165, 1.54) is 12.2 Å². The smallest absolute Gasteiger partial charge is 0.408 e. The lowest BCUT2D eigenvalue weighted by Gasteiger charge is -2.34. The third-order valence-electron chi connectivity index (χ3n) is 9.25. The maximum atomic E-state index is 12.9. The highest BCUT2D eigenvalue weighted by molar-refractivity contribution is 6.02. The van der Waals surface area contributed by atoms with Gasteiger partial charge in [-0.1, -0.05) is 12.1 Å². The predicted octanol–water partition coefficient (Wildman–Crippen LogP) is 5.16. The summed E-state index contributed by atoms with van der Waals surface area (Å²) in [4.78, 5) is 57.2. The van der Waals surface area contributed by atoms with Crippen molar-refractivity contribution in [1.29, 1.82) is 5.26 Å². The number of H-pyrrole nitrogens is 2. The van der Waals surface area contributed by atoms with Crippen molar-refractivity contribution in [2.24, 2.45) is 11.8 Å². The zero-order valence-electron chi connectivity index (χ0n) is 25.6. The molecule has 0 unspecified atom stereocenters. The average Bonchev–Trinajstić information content (AvgIpc) is 3.63. The lowest BCUT2D eigenvalue weighted by atomic mass is 9.75. The summed E-state index contributed by atoms with van der Waals surface area (Å²) in [6, 6.07) is 12.0. The molecular weight excluding hydrogens is 600 g/mol. The number of hydrogen-bond acceptors (Lipinski definition) is 7. The van der Waals surface area contributed by atoms with E-state index in [1.54, 1.807) is 36.4 Å². The van der Waals surface area contributed by atoms with Gasteiger partial charge >= 0.3 is 11.5 Å². The van der Waals surface area contributed by atoms with Crippen LogP contribution in [0.2, 0.25) is 0 Å². The number of aromatic nitrogens is 2. The Hall–Kier alpha value is -5.62. The average molecular weight is 635 g/mol. The van der Waals surface area contributed by atoms with Crippen molar-refractivity contribution >= 4 is 46.2 Å². The summed E-state index contributed by atoms with van der Waals surface area (Å²) in [7, 11) is 0. The first-order valence-electron chi connectivity index (χ1n) is 15.8. The van der Waals surface area contributed by atoms with E-state index in [9.17, 15) is 24.4 Å². The number of oxazole rings is 2. The number of aromatic amines is 2. The van der Waals surface area contributed by atoms with Gasteiger partial charge in [-0.25, -0.2) is 14.4 Å². The van der Waals surface area contributed by atoms with Gasteiger partial charge < -0.3 is 19.5 Å². The number of fused-ring (bicyclic) bond motifs is 2. The largest absolute Gasteiger partial charge is 0.417 e. The first-order valence-corrected chi connectivity index (χ1v) is 15.8. The van der Waals surface area contributed by atoms with Crippen molar-refractivity contribution in [2.75, 3.05) is 0 Å². The molecule has 2 aliphatic carbocycles. The standard InChI is InChI=1S/C35H34N6O6/c1-37-29(18-23-7-13-31-28(17-23)41-35(45)47-31)33(43)39-26-10-4-21(5-11-26)14-20-2-8-25(9-3-20)38-32(42)24(19-36)15-22-6-12-30-27(16-22)40-34(44)46-30/h6-7,12-13,15-18,20-21,25-26H,2-5,8-11,14H2,(H,38,42)(H,39,43)(H,40,44)(H,41,45). The molecule has 240 valence electrons. The van der Waals surface area contributed by atoms with Crippen molar-refractivity contribution < 1.29 is 18.4 Å². The Bertz CT molecular complexity index is 1920. The number of carbonyl (C=O) groups is 2. The van der Waals surface area contributed by atoms with Crippen LogP contribution < -0.4 is 22.1 Å². The second-order valence-corrected chi connectivity index (χ2v) is 12.5. The fraction of sp³-hybridized carbons (Fsp3) is 0.371. The van der Waals surface area contributed by atoms with Gasteiger partial charge in [0.25, 0.3) is 17.5 Å². The van der Waals surface area contributed by atoms with Gasteiger partial charge in [-0.05, 0) is 117 Å². The molecule has 12 nitrogen and oxygen atoms in total. The van der Waals surface area contributed by atoms with Crippen LogP contribution in [0, 0.1) is 29.7 Å². The molecule has 4 N–H and O–H groups in total. The van der Waals surface area contributed by atoms with Crippen molar-refractivity contribution in [2.45, 2.75) is 69.9 Å². The first-order chi connectivity index (χ1) is 22.8. The Morgan fingerprint density at radius 3 is 1.79 bits per heavy atom. The minimum absolute atomic E-state index is 0.00753. The summed E-state index contributed by atoms with van der Waals surface area (Å²) >= 11 is 0. The number of benzene rings is 2. The predicted molar refractivity (Wildman–Crippen MR) is 174 cm³/mol. The quantitative estimate of drug-likeness (QED) is 0.117. The number of amides is 2. The van der Waals surface area contributed by atoms with Crippen LogP contribution in [0.1, 0.15) is 68.9 Å². The number of rotatable bonds is 8. The van der Waals surface area contributed by atoms with Gasteiger partial charge in [0, 0.05) is 12.1 Å². The molecule has 0 atom stereocenters. The van der Waals surface area contributed by atoms with Gasteiger partial charge in [-0.3, -0.25) is 19.6 Å². The minimum atomic E-state index is -0.560. The van der Waals surface area contributed by atoms with E-state index in [0.29, 0.717) is 45.2 Å². The Morgan fingerprint density at radius 1 is 0.809 bits per heavy atom. The molecule has 47 heavy (non-hydrogen) atoms. The summed E-state index contributed by atoms with van der Waals surface area (Å²) in [5.74, 6) is -0.755. The number of carbonyl (C=O) groups excluding carboxylic acids is 2. The first kappa shape index (κ1) is 31.4. The van der Waals surface area contributed by atoms with Crippen LogP contribution in [-0.2, 0) is 9.59 Å². The molecule has 2 aromatic carbocycles. The van der Waals surface area contributed by atoms with E-state index in [1.807, 2.05) is 6.07 Å². The molecule has 2 fully saturated rings. The molecule has 2 aliphatic rings. The van der Waals surface area contributed by atoms with Gasteiger partial charge in [0.1, 0.15) is 11.6 Å². The SMILES string of the molecule is [C-]#[N+]C(=Cc1ccc2oc(=O)[nH]c2c1)C(=O)NC1CCC(CC2CCC(NC(=O)C(C#N)=Cc3ccc4oc(=O)[nH]c4c3)CC2)CC1. The normalized spacial score (nSPS) is 22.0. The van der Waals surface area contributed by atoms with Crippen LogP contribution in [0.4, 0.5) is 0 Å². The summed E-state index contributed by atoms with van der Waals surface area (Å²) in [6.45, 7) is 7.52. The fourth-order valence-electron chi connectivity index (χ4n) is 6.82. The minimum Gasteiger partial charge on any atom is -0.408 e. The molecule has 2 amide bonds. The number of nitrogens with zero attached hydrogens (tertiary/aromatic N) is 2. The number of hydrogen-bond donors (Lipinski definition) is 4. The van der Waals surface area contributed by atoms with Crippen molar-refractivity contribution in [3.05, 3.63) is 91.3 Å². The Morgan fingerprint density at radius 2 is 1.30 bits per heavy atom. The molecule has 0 radical (unpaired) electrons. The highest BCUT2D eigenvalue weighted by atomic mass is 16.4. The molecule has 0 spiro atoms. The fourth-order valence-corrected chi connectivity index (χ4v) is 6.82. The third kappa shape index (κ3) is 7.61. The van der Waals surface area contributed by atoms with Gasteiger partial charge in [0.05, 0.1) is 17.6 Å².